The summed E-state index contributed by atoms with van der Waals surface area (Å²) in [6.45, 7) is 9.61. The Hall–Kier alpha value is -1.29. The van der Waals surface area contributed by atoms with Crippen molar-refractivity contribution in [2.45, 2.75) is 13.8 Å². The molecule has 0 radical (unpaired) electrons. The third-order valence-corrected chi connectivity index (χ3v) is 3.31. The molecule has 1 aliphatic rings. The van der Waals surface area contributed by atoms with Crippen LogP contribution in [0.5, 0.6) is 0 Å². The van der Waals surface area contributed by atoms with Crippen LogP contribution in [-0.2, 0) is 0 Å². The highest BCUT2D eigenvalue weighted by atomic mass is 15.3. The quantitative estimate of drug-likeness (QED) is 0.811. The van der Waals surface area contributed by atoms with Gasteiger partial charge in [0.2, 0.25) is 0 Å². The molecule has 1 saturated heterocycles. The molecule has 0 saturated carbocycles. The summed E-state index contributed by atoms with van der Waals surface area (Å²) in [5.74, 6) is 0.954. The van der Waals surface area contributed by atoms with E-state index in [1.54, 1.807) is 0 Å². The first kappa shape index (κ1) is 11.2. The van der Waals surface area contributed by atoms with E-state index in [1.165, 1.54) is 0 Å². The van der Waals surface area contributed by atoms with Crippen LogP contribution in [0.4, 0.5) is 11.5 Å². The Morgan fingerprint density at radius 2 is 2.00 bits per heavy atom. The van der Waals surface area contributed by atoms with Gasteiger partial charge in [-0.05, 0) is 25.1 Å². The number of piperazine rings is 1. The number of nitrogens with two attached hydrogens (primary N) is 1. The number of nitrogens with zero attached hydrogens (tertiary/aromatic N) is 3. The molecule has 16 heavy (non-hydrogen) atoms. The fourth-order valence-corrected chi connectivity index (χ4v) is 2.08. The van der Waals surface area contributed by atoms with Crippen molar-refractivity contribution in [2.24, 2.45) is 0 Å². The normalized spacial score (nSPS) is 17.8. The molecule has 88 valence electrons. The summed E-state index contributed by atoms with van der Waals surface area (Å²) < 4.78 is 0. The lowest BCUT2D eigenvalue weighted by Crippen LogP contribution is -2.46. The molecule has 1 aromatic rings. The zero-order valence-corrected chi connectivity index (χ0v) is 10.1. The SMILES string of the molecule is CCN1CCN(c2nccc(C)c2N)CC1. The Morgan fingerprint density at radius 1 is 1.31 bits per heavy atom. The van der Waals surface area contributed by atoms with Crippen molar-refractivity contribution >= 4 is 11.5 Å². The second-order valence-corrected chi connectivity index (χ2v) is 4.29. The fourth-order valence-electron chi connectivity index (χ4n) is 2.08. The molecule has 4 nitrogen and oxygen atoms in total. The van der Waals surface area contributed by atoms with Gasteiger partial charge in [-0.25, -0.2) is 4.98 Å². The van der Waals surface area contributed by atoms with Gasteiger partial charge >= 0.3 is 0 Å². The fraction of sp³-hybridized carbons (Fsp3) is 0.583. The highest BCUT2D eigenvalue weighted by Gasteiger charge is 2.18. The van der Waals surface area contributed by atoms with Crippen LogP contribution in [0.1, 0.15) is 12.5 Å². The number of pyridine rings is 1. The Morgan fingerprint density at radius 3 is 2.62 bits per heavy atom. The van der Waals surface area contributed by atoms with E-state index in [1.807, 2.05) is 19.2 Å². The number of hydrogen-bond donors (Lipinski definition) is 1. The monoisotopic (exact) mass is 220 g/mol. The minimum atomic E-state index is 0.826. The van der Waals surface area contributed by atoms with E-state index in [-0.39, 0.29) is 0 Å². The summed E-state index contributed by atoms with van der Waals surface area (Å²) in [5, 5.41) is 0. The van der Waals surface area contributed by atoms with Crippen LogP contribution in [0.15, 0.2) is 12.3 Å². The molecule has 1 aromatic heterocycles. The van der Waals surface area contributed by atoms with Gasteiger partial charge in [-0.1, -0.05) is 6.92 Å². The second-order valence-electron chi connectivity index (χ2n) is 4.29. The lowest BCUT2D eigenvalue weighted by Gasteiger charge is -2.35. The first-order chi connectivity index (χ1) is 7.72. The van der Waals surface area contributed by atoms with Gasteiger partial charge < -0.3 is 15.5 Å². The van der Waals surface area contributed by atoms with Crippen molar-refractivity contribution in [3.8, 4) is 0 Å². The van der Waals surface area contributed by atoms with E-state index in [0.29, 0.717) is 0 Å². The van der Waals surface area contributed by atoms with Gasteiger partial charge in [-0.2, -0.15) is 0 Å². The molecule has 2 rings (SSSR count). The van der Waals surface area contributed by atoms with Crippen molar-refractivity contribution in [3.05, 3.63) is 17.8 Å². The van der Waals surface area contributed by atoms with Crippen LogP contribution in [0.3, 0.4) is 0 Å². The molecule has 1 fully saturated rings. The van der Waals surface area contributed by atoms with E-state index >= 15 is 0 Å². The molecular weight excluding hydrogens is 200 g/mol. The van der Waals surface area contributed by atoms with E-state index in [0.717, 1.165) is 49.8 Å². The summed E-state index contributed by atoms with van der Waals surface area (Å²) in [6.07, 6.45) is 1.84. The number of rotatable bonds is 2. The van der Waals surface area contributed by atoms with Crippen molar-refractivity contribution in [2.75, 3.05) is 43.4 Å². The standard InChI is InChI=1S/C12H20N4/c1-3-15-6-8-16(9-7-15)12-11(13)10(2)4-5-14-12/h4-5H,3,6-9,13H2,1-2H3. The number of aryl methyl sites for hydroxylation is 1. The van der Waals surface area contributed by atoms with E-state index < -0.39 is 0 Å². The summed E-state index contributed by atoms with van der Waals surface area (Å²) in [5.41, 5.74) is 8.00. The third-order valence-electron chi connectivity index (χ3n) is 3.31. The van der Waals surface area contributed by atoms with Gasteiger partial charge in [0.1, 0.15) is 0 Å². The predicted molar refractivity (Wildman–Crippen MR) is 67.7 cm³/mol. The summed E-state index contributed by atoms with van der Waals surface area (Å²) in [6, 6.07) is 1.96. The molecule has 1 aliphatic heterocycles. The third kappa shape index (κ3) is 2.11. The Bertz CT molecular complexity index is 356. The molecule has 0 spiro atoms. The lowest BCUT2D eigenvalue weighted by atomic mass is 10.2. The first-order valence-corrected chi connectivity index (χ1v) is 5.90. The summed E-state index contributed by atoms with van der Waals surface area (Å²) in [7, 11) is 0. The van der Waals surface area contributed by atoms with E-state index in [9.17, 15) is 0 Å². The minimum absolute atomic E-state index is 0.826. The van der Waals surface area contributed by atoms with Gasteiger partial charge in [0.15, 0.2) is 5.82 Å². The minimum Gasteiger partial charge on any atom is -0.396 e. The van der Waals surface area contributed by atoms with Gasteiger partial charge in [-0.15, -0.1) is 0 Å². The molecule has 4 heteroatoms. The Labute approximate surface area is 97.1 Å². The smallest absolute Gasteiger partial charge is 0.152 e. The van der Waals surface area contributed by atoms with Gasteiger partial charge in [0.25, 0.3) is 0 Å². The maximum atomic E-state index is 6.06. The van der Waals surface area contributed by atoms with Crippen molar-refractivity contribution in [1.29, 1.82) is 0 Å². The zero-order chi connectivity index (χ0) is 11.5. The second kappa shape index (κ2) is 4.70. The van der Waals surface area contributed by atoms with Crippen LogP contribution < -0.4 is 10.6 Å². The topological polar surface area (TPSA) is 45.4 Å². The van der Waals surface area contributed by atoms with Crippen molar-refractivity contribution in [1.82, 2.24) is 9.88 Å². The Kier molecular flexibility index (Phi) is 3.29. The average Bonchev–Trinajstić information content (AvgIpc) is 2.33. The largest absolute Gasteiger partial charge is 0.396 e. The molecule has 2 N–H and O–H groups in total. The molecule has 0 aliphatic carbocycles. The number of aromatic nitrogens is 1. The maximum Gasteiger partial charge on any atom is 0.152 e. The van der Waals surface area contributed by atoms with Crippen LogP contribution >= 0.6 is 0 Å². The van der Waals surface area contributed by atoms with Crippen molar-refractivity contribution < 1.29 is 0 Å². The lowest BCUT2D eigenvalue weighted by molar-refractivity contribution is 0.270. The van der Waals surface area contributed by atoms with Crippen LogP contribution in [0.25, 0.3) is 0 Å². The maximum absolute atomic E-state index is 6.06. The first-order valence-electron chi connectivity index (χ1n) is 5.90. The number of hydrogen-bond acceptors (Lipinski definition) is 4. The average molecular weight is 220 g/mol. The summed E-state index contributed by atoms with van der Waals surface area (Å²) >= 11 is 0. The van der Waals surface area contributed by atoms with E-state index in [4.69, 9.17) is 5.73 Å². The Balaban J connectivity index is 2.11. The van der Waals surface area contributed by atoms with E-state index in [2.05, 4.69) is 21.7 Å². The van der Waals surface area contributed by atoms with Crippen LogP contribution in [-0.4, -0.2) is 42.6 Å². The number of anilines is 2. The predicted octanol–water partition coefficient (Wildman–Crippen LogP) is 1.11. The molecular formula is C12H20N4. The van der Waals surface area contributed by atoms with Crippen molar-refractivity contribution in [3.63, 3.8) is 0 Å². The molecule has 0 amide bonds. The zero-order valence-electron chi connectivity index (χ0n) is 10.1. The molecule has 0 bridgehead atoms. The molecule has 2 heterocycles. The van der Waals surface area contributed by atoms with Gasteiger partial charge in [0, 0.05) is 32.4 Å². The molecule has 0 aromatic carbocycles. The highest BCUT2D eigenvalue weighted by Crippen LogP contribution is 2.23. The number of nitrogen functional groups attached to an aromatic ring is 1. The summed E-state index contributed by atoms with van der Waals surface area (Å²) in [4.78, 5) is 9.13. The van der Waals surface area contributed by atoms with Gasteiger partial charge in [0.05, 0.1) is 5.69 Å². The molecule has 0 unspecified atom stereocenters. The van der Waals surface area contributed by atoms with Crippen LogP contribution in [0, 0.1) is 6.92 Å². The molecule has 0 atom stereocenters. The van der Waals surface area contributed by atoms with Crippen LogP contribution in [0.2, 0.25) is 0 Å². The number of likely N-dealkylation sites (N-methyl/N-ethyl adjacent to an activating group) is 1. The van der Waals surface area contributed by atoms with Gasteiger partial charge in [-0.3, -0.25) is 0 Å². The highest BCUT2D eigenvalue weighted by molar-refractivity contribution is 5.66.